The van der Waals surface area contributed by atoms with Crippen LogP contribution in [0.15, 0.2) is 47.4 Å². The number of carbonyl (C=O) groups excluding carboxylic acids is 3. The van der Waals surface area contributed by atoms with E-state index in [-0.39, 0.29) is 11.4 Å². The van der Waals surface area contributed by atoms with Crippen molar-refractivity contribution < 1.29 is 23.9 Å². The number of amides is 3. The van der Waals surface area contributed by atoms with Crippen molar-refractivity contribution in [2.24, 2.45) is 0 Å². The third-order valence-corrected chi connectivity index (χ3v) is 5.44. The molecule has 4 rings (SSSR count). The van der Waals surface area contributed by atoms with Crippen LogP contribution in [0.4, 0.5) is 10.5 Å². The quantitative estimate of drug-likeness (QED) is 0.743. The minimum Gasteiger partial charge on any atom is -0.486 e. The van der Waals surface area contributed by atoms with Crippen LogP contribution in [-0.4, -0.2) is 41.7 Å². The highest BCUT2D eigenvalue weighted by atomic mass is 35.5. The minimum absolute atomic E-state index is 0.218. The number of fused-ring (bicyclic) bond motifs is 1. The van der Waals surface area contributed by atoms with Gasteiger partial charge in [0.15, 0.2) is 11.5 Å². The fourth-order valence-corrected chi connectivity index (χ4v) is 3.85. The molecule has 2 aliphatic heterocycles. The Morgan fingerprint density at radius 2 is 1.90 bits per heavy atom. The minimum atomic E-state index is -0.530. The van der Waals surface area contributed by atoms with Crippen LogP contribution in [-0.2, 0) is 9.59 Å². The summed E-state index contributed by atoms with van der Waals surface area (Å²) in [6.45, 7) is 0.511. The third-order valence-electron chi connectivity index (χ3n) is 4.19. The molecule has 0 aliphatic carbocycles. The molecule has 0 unspecified atom stereocenters. The summed E-state index contributed by atoms with van der Waals surface area (Å²) in [5, 5.41) is 2.62. The maximum absolute atomic E-state index is 12.6. The number of carbonyl (C=O) groups is 3. The Labute approximate surface area is 175 Å². The summed E-state index contributed by atoms with van der Waals surface area (Å²) in [5.41, 5.74) is 1.11. The fourth-order valence-electron chi connectivity index (χ4n) is 2.83. The zero-order chi connectivity index (χ0) is 20.4. The number of hydrogen-bond acceptors (Lipinski definition) is 6. The van der Waals surface area contributed by atoms with Gasteiger partial charge in [0, 0.05) is 16.8 Å². The molecule has 2 aliphatic rings. The SMILES string of the molecule is O=C(CN1C(=O)S/C(=C/c2ccccc2Cl)C1=O)Nc1ccc2c(c1)OCCO2. The monoisotopic (exact) mass is 430 g/mol. The van der Waals surface area contributed by atoms with Crippen molar-refractivity contribution in [3.63, 3.8) is 0 Å². The molecule has 0 atom stereocenters. The van der Waals surface area contributed by atoms with Gasteiger partial charge in [-0.25, -0.2) is 0 Å². The Kier molecular flexibility index (Phi) is 5.46. The average Bonchev–Trinajstić information content (AvgIpc) is 2.97. The van der Waals surface area contributed by atoms with Gasteiger partial charge in [-0.2, -0.15) is 0 Å². The first-order valence-corrected chi connectivity index (χ1v) is 9.90. The highest BCUT2D eigenvalue weighted by Crippen LogP contribution is 2.34. The summed E-state index contributed by atoms with van der Waals surface area (Å²) in [7, 11) is 0. The molecule has 148 valence electrons. The lowest BCUT2D eigenvalue weighted by Crippen LogP contribution is -2.36. The van der Waals surface area contributed by atoms with Gasteiger partial charge < -0.3 is 14.8 Å². The molecule has 0 saturated carbocycles. The van der Waals surface area contributed by atoms with Crippen LogP contribution in [0, 0.1) is 0 Å². The second-order valence-electron chi connectivity index (χ2n) is 6.20. The number of nitrogens with one attached hydrogen (secondary N) is 1. The van der Waals surface area contributed by atoms with Crippen LogP contribution < -0.4 is 14.8 Å². The van der Waals surface area contributed by atoms with Crippen molar-refractivity contribution in [1.29, 1.82) is 0 Å². The molecule has 3 amide bonds. The maximum Gasteiger partial charge on any atom is 0.294 e. The predicted octanol–water partition coefficient (Wildman–Crippen LogP) is 3.79. The van der Waals surface area contributed by atoms with Crippen LogP contribution in [0.5, 0.6) is 11.5 Å². The first-order chi connectivity index (χ1) is 14.0. The molecule has 2 heterocycles. The maximum atomic E-state index is 12.6. The molecule has 0 radical (unpaired) electrons. The molecule has 1 fully saturated rings. The van der Waals surface area contributed by atoms with Gasteiger partial charge in [-0.1, -0.05) is 29.8 Å². The number of thioether (sulfide) groups is 1. The number of nitrogens with zero attached hydrogens (tertiary/aromatic N) is 1. The summed E-state index contributed by atoms with van der Waals surface area (Å²) in [4.78, 5) is 38.3. The van der Waals surface area contributed by atoms with Gasteiger partial charge >= 0.3 is 0 Å². The van der Waals surface area contributed by atoms with Crippen LogP contribution in [0.25, 0.3) is 6.08 Å². The second kappa shape index (κ2) is 8.18. The van der Waals surface area contributed by atoms with Gasteiger partial charge in [-0.15, -0.1) is 0 Å². The van der Waals surface area contributed by atoms with E-state index >= 15 is 0 Å². The number of halogens is 1. The standard InChI is InChI=1S/C20H15ClN2O5S/c21-14-4-2-1-3-12(14)9-17-19(25)23(20(26)29-17)11-18(24)22-13-5-6-15-16(10-13)28-8-7-27-15/h1-6,9-10H,7-8,11H2,(H,22,24)/b17-9+. The molecular weight excluding hydrogens is 416 g/mol. The molecule has 7 nitrogen and oxygen atoms in total. The Balaban J connectivity index is 1.44. The largest absolute Gasteiger partial charge is 0.486 e. The topological polar surface area (TPSA) is 84.9 Å². The lowest BCUT2D eigenvalue weighted by molar-refractivity contribution is -0.127. The Morgan fingerprint density at radius 3 is 2.69 bits per heavy atom. The average molecular weight is 431 g/mol. The highest BCUT2D eigenvalue weighted by molar-refractivity contribution is 8.18. The number of benzene rings is 2. The van der Waals surface area contributed by atoms with E-state index in [4.69, 9.17) is 21.1 Å². The third kappa shape index (κ3) is 4.23. The Morgan fingerprint density at radius 1 is 1.14 bits per heavy atom. The van der Waals surface area contributed by atoms with Crippen molar-refractivity contribution in [3.8, 4) is 11.5 Å². The van der Waals surface area contributed by atoms with Crippen LogP contribution in [0.3, 0.4) is 0 Å². The summed E-state index contributed by atoms with van der Waals surface area (Å²) >= 11 is 6.88. The Bertz CT molecular complexity index is 1040. The lowest BCUT2D eigenvalue weighted by atomic mass is 10.2. The molecule has 9 heteroatoms. The molecule has 2 aromatic carbocycles. The van der Waals surface area contributed by atoms with Gasteiger partial charge in [0.25, 0.3) is 11.1 Å². The molecule has 1 saturated heterocycles. The van der Waals surface area contributed by atoms with E-state index in [0.29, 0.717) is 41.0 Å². The van der Waals surface area contributed by atoms with Crippen LogP contribution in [0.1, 0.15) is 5.56 Å². The van der Waals surface area contributed by atoms with E-state index in [9.17, 15) is 14.4 Å². The van der Waals surface area contributed by atoms with Gasteiger partial charge in [-0.05, 0) is 41.6 Å². The zero-order valence-electron chi connectivity index (χ0n) is 15.0. The van der Waals surface area contributed by atoms with E-state index in [2.05, 4.69) is 5.32 Å². The van der Waals surface area contributed by atoms with Crippen molar-refractivity contribution in [2.45, 2.75) is 0 Å². The van der Waals surface area contributed by atoms with Crippen molar-refractivity contribution in [3.05, 3.63) is 58.0 Å². The summed E-state index contributed by atoms with van der Waals surface area (Å²) in [5.74, 6) is 0.105. The smallest absolute Gasteiger partial charge is 0.294 e. The van der Waals surface area contributed by atoms with Crippen molar-refractivity contribution in [1.82, 2.24) is 4.90 Å². The van der Waals surface area contributed by atoms with E-state index in [1.165, 1.54) is 0 Å². The van der Waals surface area contributed by atoms with Crippen LogP contribution in [0.2, 0.25) is 5.02 Å². The lowest BCUT2D eigenvalue weighted by Gasteiger charge is -2.19. The van der Waals surface area contributed by atoms with Crippen molar-refractivity contribution >= 4 is 52.2 Å². The first-order valence-electron chi connectivity index (χ1n) is 8.70. The highest BCUT2D eigenvalue weighted by Gasteiger charge is 2.36. The van der Waals surface area contributed by atoms with Gasteiger partial charge in [-0.3, -0.25) is 19.3 Å². The molecule has 0 aromatic heterocycles. The number of imide groups is 1. The van der Waals surface area contributed by atoms with Crippen LogP contribution >= 0.6 is 23.4 Å². The molecule has 2 aromatic rings. The van der Waals surface area contributed by atoms with Gasteiger partial charge in [0.2, 0.25) is 5.91 Å². The second-order valence-corrected chi connectivity index (χ2v) is 7.60. The molecule has 1 N–H and O–H groups in total. The molecule has 29 heavy (non-hydrogen) atoms. The Hall–Kier alpha value is -2.97. The molecular formula is C20H15ClN2O5S. The van der Waals surface area contributed by atoms with E-state index in [0.717, 1.165) is 16.7 Å². The number of ether oxygens (including phenoxy) is 2. The summed E-state index contributed by atoms with van der Waals surface area (Å²) in [6, 6.07) is 12.0. The van der Waals surface area contributed by atoms with Gasteiger partial charge in [0.1, 0.15) is 19.8 Å². The van der Waals surface area contributed by atoms with Gasteiger partial charge in [0.05, 0.1) is 4.91 Å². The summed E-state index contributed by atoms with van der Waals surface area (Å²) in [6.07, 6.45) is 1.55. The first kappa shape index (κ1) is 19.4. The number of rotatable bonds is 4. The van der Waals surface area contributed by atoms with Crippen molar-refractivity contribution in [2.75, 3.05) is 25.1 Å². The zero-order valence-corrected chi connectivity index (χ0v) is 16.6. The predicted molar refractivity (Wildman–Crippen MR) is 110 cm³/mol. The fraction of sp³-hybridized carbons (Fsp3) is 0.150. The number of anilines is 1. The molecule has 0 spiro atoms. The number of hydrogen-bond donors (Lipinski definition) is 1. The van der Waals surface area contributed by atoms with E-state index < -0.39 is 17.1 Å². The van der Waals surface area contributed by atoms with E-state index in [1.807, 2.05) is 0 Å². The normalized spacial score (nSPS) is 17.0. The summed E-state index contributed by atoms with van der Waals surface area (Å²) < 4.78 is 10.9. The van der Waals surface area contributed by atoms with E-state index in [1.54, 1.807) is 48.5 Å². The molecule has 0 bridgehead atoms.